The molecule has 2 fully saturated rings. The summed E-state index contributed by atoms with van der Waals surface area (Å²) in [5, 5.41) is 10.3. The van der Waals surface area contributed by atoms with Crippen LogP contribution in [0.1, 0.15) is 32.6 Å². The van der Waals surface area contributed by atoms with E-state index in [2.05, 4.69) is 35.7 Å². The van der Waals surface area contributed by atoms with Crippen molar-refractivity contribution in [1.29, 1.82) is 0 Å². The van der Waals surface area contributed by atoms with Crippen molar-refractivity contribution in [2.45, 2.75) is 44.8 Å². The van der Waals surface area contributed by atoms with Crippen molar-refractivity contribution < 1.29 is 5.11 Å². The van der Waals surface area contributed by atoms with E-state index in [4.69, 9.17) is 0 Å². The zero-order valence-electron chi connectivity index (χ0n) is 13.6. The van der Waals surface area contributed by atoms with Crippen LogP contribution in [-0.4, -0.2) is 85.3 Å². The van der Waals surface area contributed by atoms with Gasteiger partial charge in [0.15, 0.2) is 0 Å². The Kier molecular flexibility index (Phi) is 6.27. The molecule has 1 aliphatic carbocycles. The second-order valence-electron chi connectivity index (χ2n) is 6.90. The Morgan fingerprint density at radius 1 is 1.10 bits per heavy atom. The maximum absolute atomic E-state index is 10.3. The fourth-order valence-electron chi connectivity index (χ4n) is 3.64. The van der Waals surface area contributed by atoms with E-state index in [1.807, 2.05) is 0 Å². The van der Waals surface area contributed by atoms with Crippen molar-refractivity contribution in [3.8, 4) is 0 Å². The number of aliphatic hydroxyl groups excluding tert-OH is 1. The maximum atomic E-state index is 10.3. The lowest BCUT2D eigenvalue weighted by molar-refractivity contribution is -0.0180. The molecule has 1 N–H and O–H groups in total. The minimum absolute atomic E-state index is 0.0916. The van der Waals surface area contributed by atoms with E-state index < -0.39 is 0 Å². The quantitative estimate of drug-likeness (QED) is 0.818. The molecular weight excluding hydrogens is 250 g/mol. The minimum atomic E-state index is -0.0916. The smallest absolute Gasteiger partial charge is 0.0695 e. The Morgan fingerprint density at radius 3 is 2.40 bits per heavy atom. The predicted molar refractivity (Wildman–Crippen MR) is 84.0 cm³/mol. The molecular formula is C16H33N3O. The van der Waals surface area contributed by atoms with E-state index in [1.54, 1.807) is 0 Å². The zero-order valence-corrected chi connectivity index (χ0v) is 13.6. The van der Waals surface area contributed by atoms with Gasteiger partial charge in [-0.25, -0.2) is 0 Å². The number of hydrogen-bond donors (Lipinski definition) is 1. The van der Waals surface area contributed by atoms with E-state index in [0.29, 0.717) is 6.04 Å². The van der Waals surface area contributed by atoms with Gasteiger partial charge in [0.1, 0.15) is 0 Å². The molecule has 0 aromatic rings. The molecule has 1 heterocycles. The van der Waals surface area contributed by atoms with E-state index in [1.165, 1.54) is 25.8 Å². The molecule has 20 heavy (non-hydrogen) atoms. The molecule has 4 heteroatoms. The lowest BCUT2D eigenvalue weighted by Crippen LogP contribution is -2.55. The van der Waals surface area contributed by atoms with Gasteiger partial charge in [0.05, 0.1) is 6.10 Å². The van der Waals surface area contributed by atoms with Gasteiger partial charge in [-0.15, -0.1) is 0 Å². The van der Waals surface area contributed by atoms with E-state index >= 15 is 0 Å². The van der Waals surface area contributed by atoms with Crippen molar-refractivity contribution in [3.05, 3.63) is 0 Å². The molecule has 0 spiro atoms. The molecule has 118 valence electrons. The molecule has 0 radical (unpaired) electrons. The number of likely N-dealkylation sites (N-methyl/N-ethyl adjacent to an activating group) is 1. The minimum Gasteiger partial charge on any atom is -0.391 e. The van der Waals surface area contributed by atoms with E-state index in [9.17, 15) is 5.11 Å². The molecule has 1 saturated carbocycles. The van der Waals surface area contributed by atoms with Crippen LogP contribution in [0.4, 0.5) is 0 Å². The fraction of sp³-hybridized carbons (Fsp3) is 1.00. The lowest BCUT2D eigenvalue weighted by Gasteiger charge is -2.44. The molecule has 0 bridgehead atoms. The third-order valence-electron chi connectivity index (χ3n) is 5.21. The van der Waals surface area contributed by atoms with Crippen molar-refractivity contribution >= 4 is 0 Å². The van der Waals surface area contributed by atoms with E-state index in [0.717, 1.165) is 45.1 Å². The van der Waals surface area contributed by atoms with Gasteiger partial charge in [0.25, 0.3) is 0 Å². The summed E-state index contributed by atoms with van der Waals surface area (Å²) in [6, 6.07) is 0.421. The van der Waals surface area contributed by atoms with Gasteiger partial charge >= 0.3 is 0 Å². The largest absolute Gasteiger partial charge is 0.391 e. The first-order chi connectivity index (χ1) is 9.60. The van der Waals surface area contributed by atoms with Gasteiger partial charge in [0, 0.05) is 45.3 Å². The molecule has 3 atom stereocenters. The Labute approximate surface area is 124 Å². The number of aliphatic hydroxyl groups is 1. The Morgan fingerprint density at radius 2 is 1.80 bits per heavy atom. The highest BCUT2D eigenvalue weighted by atomic mass is 16.3. The van der Waals surface area contributed by atoms with Crippen LogP contribution in [0.2, 0.25) is 0 Å². The monoisotopic (exact) mass is 283 g/mol. The maximum Gasteiger partial charge on any atom is 0.0695 e. The summed E-state index contributed by atoms with van der Waals surface area (Å²) < 4.78 is 0. The second kappa shape index (κ2) is 7.74. The molecule has 4 nitrogen and oxygen atoms in total. The van der Waals surface area contributed by atoms with Crippen LogP contribution < -0.4 is 0 Å². The number of hydrogen-bond acceptors (Lipinski definition) is 4. The van der Waals surface area contributed by atoms with Crippen LogP contribution in [0.15, 0.2) is 0 Å². The third kappa shape index (κ3) is 4.42. The molecule has 0 aromatic carbocycles. The van der Waals surface area contributed by atoms with Gasteiger partial charge in [-0.3, -0.25) is 9.80 Å². The molecule has 2 rings (SSSR count). The van der Waals surface area contributed by atoms with Crippen LogP contribution >= 0.6 is 0 Å². The number of rotatable bonds is 5. The molecule has 1 saturated heterocycles. The predicted octanol–water partition coefficient (Wildman–Crippen LogP) is 1.11. The highest BCUT2D eigenvalue weighted by molar-refractivity contribution is 4.88. The molecule has 0 aromatic heterocycles. The summed E-state index contributed by atoms with van der Waals surface area (Å²) in [7, 11) is 4.28. The van der Waals surface area contributed by atoms with Crippen molar-refractivity contribution in [3.63, 3.8) is 0 Å². The molecule has 3 unspecified atom stereocenters. The summed E-state index contributed by atoms with van der Waals surface area (Å²) in [6.45, 7) is 9.19. The van der Waals surface area contributed by atoms with Crippen molar-refractivity contribution in [1.82, 2.24) is 14.7 Å². The second-order valence-corrected chi connectivity index (χ2v) is 6.90. The lowest BCUT2D eigenvalue weighted by atomic mass is 9.81. The highest BCUT2D eigenvalue weighted by Gasteiger charge is 2.33. The fourth-order valence-corrected chi connectivity index (χ4v) is 3.64. The molecule has 2 aliphatic rings. The first-order valence-corrected chi connectivity index (χ1v) is 8.39. The van der Waals surface area contributed by atoms with E-state index in [-0.39, 0.29) is 6.10 Å². The van der Waals surface area contributed by atoms with Gasteiger partial charge in [-0.1, -0.05) is 13.3 Å². The average molecular weight is 283 g/mol. The first kappa shape index (κ1) is 16.2. The van der Waals surface area contributed by atoms with Gasteiger partial charge in [0.2, 0.25) is 0 Å². The van der Waals surface area contributed by atoms with Crippen LogP contribution in [0, 0.1) is 5.92 Å². The van der Waals surface area contributed by atoms with Crippen LogP contribution in [0.5, 0.6) is 0 Å². The zero-order chi connectivity index (χ0) is 14.5. The SMILES string of the molecule is CCC1CCC(O)C(N2CCN(CCN(C)C)CC2)C1. The summed E-state index contributed by atoms with van der Waals surface area (Å²) in [5.41, 5.74) is 0. The van der Waals surface area contributed by atoms with Gasteiger partial charge in [-0.05, 0) is 39.3 Å². The highest BCUT2D eigenvalue weighted by Crippen LogP contribution is 2.30. The standard InChI is InChI=1S/C16H33N3O/c1-4-14-5-6-16(20)15(13-14)19-11-9-18(10-12-19)8-7-17(2)3/h14-16,20H,4-13H2,1-3H3. The first-order valence-electron chi connectivity index (χ1n) is 8.39. The Balaban J connectivity index is 1.77. The third-order valence-corrected chi connectivity index (χ3v) is 5.21. The number of nitrogens with zero attached hydrogens (tertiary/aromatic N) is 3. The summed E-state index contributed by atoms with van der Waals surface area (Å²) in [6.07, 6.45) is 4.61. The van der Waals surface area contributed by atoms with Crippen LogP contribution in [0.25, 0.3) is 0 Å². The molecule has 0 amide bonds. The summed E-state index contributed by atoms with van der Waals surface area (Å²) in [5.74, 6) is 0.829. The Hall–Kier alpha value is -0.160. The topological polar surface area (TPSA) is 30.0 Å². The average Bonchev–Trinajstić information content (AvgIpc) is 2.46. The van der Waals surface area contributed by atoms with Crippen LogP contribution in [-0.2, 0) is 0 Å². The van der Waals surface area contributed by atoms with Crippen molar-refractivity contribution in [2.24, 2.45) is 5.92 Å². The summed E-state index contributed by atoms with van der Waals surface area (Å²) in [4.78, 5) is 7.37. The van der Waals surface area contributed by atoms with Crippen molar-refractivity contribution in [2.75, 3.05) is 53.4 Å². The number of piperazine rings is 1. The van der Waals surface area contributed by atoms with Crippen LogP contribution in [0.3, 0.4) is 0 Å². The molecule has 1 aliphatic heterocycles. The Bertz CT molecular complexity index is 277. The normalized spacial score (nSPS) is 33.8. The van der Waals surface area contributed by atoms with Gasteiger partial charge < -0.3 is 10.0 Å². The summed E-state index contributed by atoms with van der Waals surface area (Å²) >= 11 is 0. The van der Waals surface area contributed by atoms with Gasteiger partial charge in [-0.2, -0.15) is 0 Å².